The molecule has 106 valence electrons. The van der Waals surface area contributed by atoms with Gasteiger partial charge in [-0.1, -0.05) is 0 Å². The molecule has 0 aromatic heterocycles. The summed E-state index contributed by atoms with van der Waals surface area (Å²) in [5, 5.41) is 0. The molecule has 1 rings (SSSR count). The van der Waals surface area contributed by atoms with E-state index in [1.807, 2.05) is 0 Å². The van der Waals surface area contributed by atoms with Crippen LogP contribution in [0, 0.1) is 0 Å². The van der Waals surface area contributed by atoms with Crippen molar-refractivity contribution in [3.63, 3.8) is 0 Å². The third-order valence-corrected chi connectivity index (χ3v) is 4.46. The Kier molecular flexibility index (Phi) is 3.35. The van der Waals surface area contributed by atoms with E-state index in [2.05, 4.69) is 4.74 Å². The molecule has 1 saturated carbocycles. The number of alkyl halides is 3. The first-order chi connectivity index (χ1) is 7.81. The van der Waals surface area contributed by atoms with Gasteiger partial charge in [0.2, 0.25) is 0 Å². The van der Waals surface area contributed by atoms with Crippen LogP contribution in [-0.2, 0) is 14.8 Å². The van der Waals surface area contributed by atoms with E-state index < -0.39 is 45.5 Å². The summed E-state index contributed by atoms with van der Waals surface area (Å²) >= 11 is 0. The lowest BCUT2D eigenvalue weighted by atomic mass is 10.2. The highest BCUT2D eigenvalue weighted by Gasteiger charge is 2.72. The summed E-state index contributed by atoms with van der Waals surface area (Å²) in [5.41, 5.74) is -0.992. The molecule has 0 spiro atoms. The average molecular weight is 289 g/mol. The molecule has 5 nitrogen and oxygen atoms in total. The molecule has 0 aliphatic heterocycles. The first-order valence-electron chi connectivity index (χ1n) is 5.13. The second kappa shape index (κ2) is 4.01. The van der Waals surface area contributed by atoms with E-state index in [0.29, 0.717) is 0 Å². The van der Waals surface area contributed by atoms with Crippen molar-refractivity contribution in [3.05, 3.63) is 0 Å². The van der Waals surface area contributed by atoms with Crippen molar-refractivity contribution in [2.75, 3.05) is 0 Å². The van der Waals surface area contributed by atoms with Gasteiger partial charge in [-0.3, -0.25) is 0 Å². The minimum Gasteiger partial charge on any atom is -0.443 e. The third-order valence-electron chi connectivity index (χ3n) is 2.35. The smallest absolute Gasteiger partial charge is 0.421 e. The molecule has 0 radical (unpaired) electrons. The molecular formula is C9H14F3NO4S. The summed E-state index contributed by atoms with van der Waals surface area (Å²) in [7, 11) is -4.83. The van der Waals surface area contributed by atoms with Gasteiger partial charge in [0.15, 0.2) is 4.75 Å². The van der Waals surface area contributed by atoms with Crippen LogP contribution in [0.25, 0.3) is 0 Å². The Morgan fingerprint density at radius 2 is 1.67 bits per heavy atom. The molecule has 0 saturated heterocycles. The van der Waals surface area contributed by atoms with E-state index in [-0.39, 0.29) is 0 Å². The van der Waals surface area contributed by atoms with E-state index in [1.54, 1.807) is 0 Å². The standard InChI is InChI=1S/C9H14F3NO4S/c1-7(2,3)17-6(14)13-18(15,16)8(4-5-8)9(10,11)12/h4-5H2,1-3H3,(H,13,14). The molecule has 1 aliphatic carbocycles. The predicted molar refractivity (Wildman–Crippen MR) is 56.3 cm³/mol. The lowest BCUT2D eigenvalue weighted by Gasteiger charge is -2.23. The van der Waals surface area contributed by atoms with Gasteiger partial charge in [-0.2, -0.15) is 13.2 Å². The SMILES string of the molecule is CC(C)(C)OC(=O)NS(=O)(=O)C1(C(F)(F)F)CC1. The molecule has 1 amide bonds. The van der Waals surface area contributed by atoms with Gasteiger partial charge in [-0.15, -0.1) is 0 Å². The molecule has 9 heteroatoms. The van der Waals surface area contributed by atoms with Crippen molar-refractivity contribution in [2.45, 2.75) is 50.1 Å². The fraction of sp³-hybridized carbons (Fsp3) is 0.889. The zero-order chi connectivity index (χ0) is 14.4. The van der Waals surface area contributed by atoms with E-state index >= 15 is 0 Å². The van der Waals surface area contributed by atoms with E-state index in [0.717, 1.165) is 0 Å². The van der Waals surface area contributed by atoms with Crippen molar-refractivity contribution in [1.29, 1.82) is 0 Å². The number of amides is 1. The van der Waals surface area contributed by atoms with E-state index in [1.165, 1.54) is 25.5 Å². The highest BCUT2D eigenvalue weighted by molar-refractivity contribution is 7.91. The van der Waals surface area contributed by atoms with Crippen LogP contribution >= 0.6 is 0 Å². The highest BCUT2D eigenvalue weighted by atomic mass is 32.2. The number of carbonyl (C=O) groups is 1. The van der Waals surface area contributed by atoms with Crippen molar-refractivity contribution >= 4 is 16.1 Å². The molecule has 0 aromatic carbocycles. The second-order valence-electron chi connectivity index (χ2n) is 5.10. The number of halogens is 3. The molecule has 0 atom stereocenters. The number of hydrogen-bond donors (Lipinski definition) is 1. The number of rotatable bonds is 2. The van der Waals surface area contributed by atoms with Crippen LogP contribution in [0.15, 0.2) is 0 Å². The molecule has 0 aromatic rings. The minimum atomic E-state index is -4.90. The third kappa shape index (κ3) is 2.88. The summed E-state index contributed by atoms with van der Waals surface area (Å²) < 4.78 is 64.0. The lowest BCUT2D eigenvalue weighted by Crippen LogP contribution is -2.49. The Morgan fingerprint density at radius 3 is 1.94 bits per heavy atom. The van der Waals surface area contributed by atoms with Crippen molar-refractivity contribution in [1.82, 2.24) is 4.72 Å². The van der Waals surface area contributed by atoms with Gasteiger partial charge in [0.05, 0.1) is 0 Å². The normalized spacial score (nSPS) is 19.2. The fourth-order valence-electron chi connectivity index (χ4n) is 1.32. The summed E-state index contributed by atoms with van der Waals surface area (Å²) in [6, 6.07) is 0. The maximum absolute atomic E-state index is 12.6. The number of ether oxygens (including phenoxy) is 1. The number of hydrogen-bond acceptors (Lipinski definition) is 4. The Hall–Kier alpha value is -0.990. The van der Waals surface area contributed by atoms with Gasteiger partial charge in [0.25, 0.3) is 10.0 Å². The number of nitrogens with one attached hydrogen (secondary N) is 1. The zero-order valence-electron chi connectivity index (χ0n) is 10.1. The van der Waals surface area contributed by atoms with Crippen LogP contribution < -0.4 is 4.72 Å². The summed E-state index contributed by atoms with van der Waals surface area (Å²) in [4.78, 5) is 11.2. The molecular weight excluding hydrogens is 275 g/mol. The summed E-state index contributed by atoms with van der Waals surface area (Å²) in [6.07, 6.45) is -7.40. The Labute approximate surface area is 103 Å². The van der Waals surface area contributed by atoms with Crippen LogP contribution in [0.3, 0.4) is 0 Å². The van der Waals surface area contributed by atoms with Crippen molar-refractivity contribution in [3.8, 4) is 0 Å². The van der Waals surface area contributed by atoms with Crippen LogP contribution in [-0.4, -0.2) is 31.0 Å². The van der Waals surface area contributed by atoms with E-state index in [9.17, 15) is 26.4 Å². The molecule has 1 aliphatic rings. The number of carbonyl (C=O) groups excluding carboxylic acids is 1. The molecule has 18 heavy (non-hydrogen) atoms. The minimum absolute atomic E-state index is 0.547. The zero-order valence-corrected chi connectivity index (χ0v) is 10.9. The topological polar surface area (TPSA) is 72.5 Å². The fourth-order valence-corrected chi connectivity index (χ4v) is 2.73. The molecule has 0 bridgehead atoms. The largest absolute Gasteiger partial charge is 0.443 e. The molecule has 0 heterocycles. The van der Waals surface area contributed by atoms with Crippen molar-refractivity contribution < 1.29 is 31.1 Å². The van der Waals surface area contributed by atoms with Gasteiger partial charge < -0.3 is 4.74 Å². The average Bonchev–Trinajstić information content (AvgIpc) is 2.73. The Bertz CT molecular complexity index is 445. The first-order valence-corrected chi connectivity index (χ1v) is 6.61. The van der Waals surface area contributed by atoms with Gasteiger partial charge >= 0.3 is 12.3 Å². The maximum atomic E-state index is 12.6. The first kappa shape index (κ1) is 15.1. The summed E-state index contributed by atoms with van der Waals surface area (Å²) in [5.74, 6) is 0. The quantitative estimate of drug-likeness (QED) is 0.843. The molecule has 1 fully saturated rings. The van der Waals surface area contributed by atoms with Gasteiger partial charge in [0, 0.05) is 0 Å². The van der Waals surface area contributed by atoms with Crippen LogP contribution in [0.5, 0.6) is 0 Å². The molecule has 0 unspecified atom stereocenters. The van der Waals surface area contributed by atoms with Gasteiger partial charge in [0.1, 0.15) is 5.60 Å². The van der Waals surface area contributed by atoms with Gasteiger partial charge in [-0.05, 0) is 33.6 Å². The predicted octanol–water partition coefficient (Wildman–Crippen LogP) is 1.94. The molecule has 1 N–H and O–H groups in total. The van der Waals surface area contributed by atoms with E-state index in [4.69, 9.17) is 0 Å². The van der Waals surface area contributed by atoms with Gasteiger partial charge in [-0.25, -0.2) is 17.9 Å². The second-order valence-corrected chi connectivity index (χ2v) is 7.09. The van der Waals surface area contributed by atoms with Crippen molar-refractivity contribution in [2.24, 2.45) is 0 Å². The van der Waals surface area contributed by atoms with Crippen LogP contribution in [0.2, 0.25) is 0 Å². The summed E-state index contributed by atoms with van der Waals surface area (Å²) in [6.45, 7) is 4.40. The Balaban J connectivity index is 2.82. The maximum Gasteiger partial charge on any atom is 0.421 e. The lowest BCUT2D eigenvalue weighted by molar-refractivity contribution is -0.137. The van der Waals surface area contributed by atoms with Crippen LogP contribution in [0.4, 0.5) is 18.0 Å². The number of sulfonamides is 1. The highest BCUT2D eigenvalue weighted by Crippen LogP contribution is 2.54. The monoisotopic (exact) mass is 289 g/mol. The van der Waals surface area contributed by atoms with Crippen LogP contribution in [0.1, 0.15) is 33.6 Å². The Morgan fingerprint density at radius 1 is 1.22 bits per heavy atom.